The van der Waals surface area contributed by atoms with Crippen LogP contribution in [0.2, 0.25) is 0 Å². The van der Waals surface area contributed by atoms with Crippen LogP contribution in [0.5, 0.6) is 0 Å². The van der Waals surface area contributed by atoms with E-state index in [0.29, 0.717) is 30.2 Å². The SMILES string of the molecule is CCN(CC)c1nc2c(c(=O)n(C)c(=O)n2C)n1CC(O)c1ccccc1. The van der Waals surface area contributed by atoms with Gasteiger partial charge in [-0.05, 0) is 19.4 Å². The molecule has 1 atom stereocenters. The summed E-state index contributed by atoms with van der Waals surface area (Å²) in [7, 11) is 3.05. The van der Waals surface area contributed by atoms with E-state index < -0.39 is 17.4 Å². The van der Waals surface area contributed by atoms with Crippen LogP contribution in [0.25, 0.3) is 11.2 Å². The van der Waals surface area contributed by atoms with Crippen LogP contribution in [0.15, 0.2) is 39.9 Å². The molecular weight excluding hydrogens is 346 g/mol. The minimum atomic E-state index is -0.806. The molecule has 8 heteroatoms. The van der Waals surface area contributed by atoms with Gasteiger partial charge in [-0.15, -0.1) is 0 Å². The molecule has 0 fully saturated rings. The molecule has 0 spiro atoms. The molecule has 0 aliphatic heterocycles. The summed E-state index contributed by atoms with van der Waals surface area (Å²) < 4.78 is 4.17. The van der Waals surface area contributed by atoms with Gasteiger partial charge in [0.05, 0.1) is 12.6 Å². The van der Waals surface area contributed by atoms with Crippen molar-refractivity contribution < 1.29 is 5.11 Å². The zero-order chi connectivity index (χ0) is 19.7. The highest BCUT2D eigenvalue weighted by Gasteiger charge is 2.23. The van der Waals surface area contributed by atoms with Crippen LogP contribution in [0, 0.1) is 0 Å². The van der Waals surface area contributed by atoms with Crippen molar-refractivity contribution >= 4 is 17.1 Å². The Balaban J connectivity index is 2.26. The molecule has 2 heterocycles. The van der Waals surface area contributed by atoms with E-state index >= 15 is 0 Å². The van der Waals surface area contributed by atoms with Gasteiger partial charge in [0.15, 0.2) is 11.2 Å². The van der Waals surface area contributed by atoms with Gasteiger partial charge in [-0.25, -0.2) is 4.79 Å². The molecule has 27 heavy (non-hydrogen) atoms. The van der Waals surface area contributed by atoms with Crippen molar-refractivity contribution in [1.29, 1.82) is 0 Å². The van der Waals surface area contributed by atoms with E-state index in [0.717, 1.165) is 10.1 Å². The first-order valence-electron chi connectivity index (χ1n) is 9.04. The predicted molar refractivity (Wildman–Crippen MR) is 105 cm³/mol. The number of hydrogen-bond donors (Lipinski definition) is 1. The minimum Gasteiger partial charge on any atom is -0.387 e. The topological polar surface area (TPSA) is 85.3 Å². The molecule has 1 aromatic carbocycles. The Hall–Kier alpha value is -2.87. The van der Waals surface area contributed by atoms with Gasteiger partial charge in [0.25, 0.3) is 5.56 Å². The van der Waals surface area contributed by atoms with E-state index in [9.17, 15) is 14.7 Å². The number of fused-ring (bicyclic) bond motifs is 1. The van der Waals surface area contributed by atoms with E-state index in [4.69, 9.17) is 0 Å². The smallest absolute Gasteiger partial charge is 0.332 e. The zero-order valence-electron chi connectivity index (χ0n) is 16.1. The summed E-state index contributed by atoms with van der Waals surface area (Å²) in [5.41, 5.74) is 0.555. The van der Waals surface area contributed by atoms with Crippen molar-refractivity contribution in [3.8, 4) is 0 Å². The quantitative estimate of drug-likeness (QED) is 0.699. The van der Waals surface area contributed by atoms with Crippen LogP contribution < -0.4 is 16.1 Å². The molecule has 0 saturated carbocycles. The second kappa shape index (κ2) is 7.40. The molecule has 0 radical (unpaired) electrons. The van der Waals surface area contributed by atoms with Crippen molar-refractivity contribution in [3.63, 3.8) is 0 Å². The zero-order valence-corrected chi connectivity index (χ0v) is 16.1. The average Bonchev–Trinajstić information content (AvgIpc) is 3.05. The van der Waals surface area contributed by atoms with Gasteiger partial charge in [-0.2, -0.15) is 4.98 Å². The van der Waals surface area contributed by atoms with Gasteiger partial charge in [0.2, 0.25) is 5.95 Å². The standard InChI is InChI=1S/C19H25N5O3/c1-5-23(6-2)18-20-16-15(17(26)22(4)19(27)21(16)3)24(18)12-14(25)13-10-8-7-9-11-13/h7-11,14,25H,5-6,12H2,1-4H3. The van der Waals surface area contributed by atoms with E-state index in [1.165, 1.54) is 11.6 Å². The third-order valence-corrected chi connectivity index (χ3v) is 4.91. The number of aliphatic hydroxyl groups is 1. The Kier molecular flexibility index (Phi) is 5.18. The molecule has 1 unspecified atom stereocenters. The van der Waals surface area contributed by atoms with Crippen molar-refractivity contribution in [1.82, 2.24) is 18.7 Å². The van der Waals surface area contributed by atoms with Crippen LogP contribution in [0.1, 0.15) is 25.5 Å². The van der Waals surface area contributed by atoms with Gasteiger partial charge in [-0.1, -0.05) is 30.3 Å². The summed E-state index contributed by atoms with van der Waals surface area (Å²) in [6.07, 6.45) is -0.806. The molecule has 0 aliphatic carbocycles. The largest absolute Gasteiger partial charge is 0.387 e. The maximum atomic E-state index is 12.8. The highest BCUT2D eigenvalue weighted by Crippen LogP contribution is 2.24. The normalized spacial score (nSPS) is 12.5. The van der Waals surface area contributed by atoms with E-state index in [1.807, 2.05) is 49.1 Å². The number of imidazole rings is 1. The average molecular weight is 371 g/mol. The van der Waals surface area contributed by atoms with Crippen LogP contribution in [-0.2, 0) is 20.6 Å². The summed E-state index contributed by atoms with van der Waals surface area (Å²) in [5, 5.41) is 10.7. The second-order valence-electron chi connectivity index (χ2n) is 6.50. The second-order valence-corrected chi connectivity index (χ2v) is 6.50. The molecule has 3 rings (SSSR count). The Labute approximate surface area is 156 Å². The maximum Gasteiger partial charge on any atom is 0.332 e. The molecule has 0 bridgehead atoms. The summed E-state index contributed by atoms with van der Waals surface area (Å²) in [6, 6.07) is 9.29. The molecule has 2 aromatic heterocycles. The molecule has 3 aromatic rings. The van der Waals surface area contributed by atoms with E-state index in [1.54, 1.807) is 11.6 Å². The lowest BCUT2D eigenvalue weighted by atomic mass is 10.1. The van der Waals surface area contributed by atoms with Gasteiger partial charge >= 0.3 is 5.69 Å². The molecule has 1 N–H and O–H groups in total. The van der Waals surface area contributed by atoms with Gasteiger partial charge < -0.3 is 14.6 Å². The molecule has 8 nitrogen and oxygen atoms in total. The van der Waals surface area contributed by atoms with Crippen molar-refractivity contribution in [2.75, 3.05) is 18.0 Å². The third kappa shape index (κ3) is 3.16. The van der Waals surface area contributed by atoms with Gasteiger partial charge in [-0.3, -0.25) is 13.9 Å². The summed E-state index contributed by atoms with van der Waals surface area (Å²) in [4.78, 5) is 31.7. The number of anilines is 1. The number of hydrogen-bond acceptors (Lipinski definition) is 5. The summed E-state index contributed by atoms with van der Waals surface area (Å²) in [6.45, 7) is 5.54. The van der Waals surface area contributed by atoms with Crippen molar-refractivity contribution in [2.45, 2.75) is 26.5 Å². The lowest BCUT2D eigenvalue weighted by Gasteiger charge is -2.22. The number of benzene rings is 1. The molecular formula is C19H25N5O3. The summed E-state index contributed by atoms with van der Waals surface area (Å²) in [5.74, 6) is 0.572. The van der Waals surface area contributed by atoms with E-state index in [2.05, 4.69) is 4.98 Å². The van der Waals surface area contributed by atoms with Crippen LogP contribution in [0.4, 0.5) is 5.95 Å². The first kappa shape index (κ1) is 18.9. The first-order valence-corrected chi connectivity index (χ1v) is 9.04. The lowest BCUT2D eigenvalue weighted by Crippen LogP contribution is -2.37. The molecule has 144 valence electrons. The number of aliphatic hydroxyl groups excluding tert-OH is 1. The number of aryl methyl sites for hydroxylation is 1. The highest BCUT2D eigenvalue weighted by atomic mass is 16.3. The van der Waals surface area contributed by atoms with Crippen molar-refractivity contribution in [3.05, 3.63) is 56.7 Å². The molecule has 0 amide bonds. The number of aromatic nitrogens is 4. The Bertz CT molecular complexity index is 1060. The minimum absolute atomic E-state index is 0.166. The Morgan fingerprint density at radius 2 is 1.70 bits per heavy atom. The number of nitrogens with zero attached hydrogens (tertiary/aromatic N) is 5. The first-order chi connectivity index (χ1) is 12.9. The highest BCUT2D eigenvalue weighted by molar-refractivity contribution is 5.74. The number of rotatable bonds is 6. The van der Waals surface area contributed by atoms with E-state index in [-0.39, 0.29) is 6.54 Å². The Morgan fingerprint density at radius 3 is 2.30 bits per heavy atom. The monoisotopic (exact) mass is 371 g/mol. The fourth-order valence-electron chi connectivity index (χ4n) is 3.31. The summed E-state index contributed by atoms with van der Waals surface area (Å²) >= 11 is 0. The fourth-order valence-corrected chi connectivity index (χ4v) is 3.31. The third-order valence-electron chi connectivity index (χ3n) is 4.91. The lowest BCUT2D eigenvalue weighted by molar-refractivity contribution is 0.158. The van der Waals surface area contributed by atoms with Gasteiger partial charge in [0, 0.05) is 27.2 Å². The predicted octanol–water partition coefficient (Wildman–Crippen LogP) is 1.01. The Morgan fingerprint density at radius 1 is 1.07 bits per heavy atom. The fraction of sp³-hybridized carbons (Fsp3) is 0.421. The molecule has 0 saturated heterocycles. The maximum absolute atomic E-state index is 12.8. The van der Waals surface area contributed by atoms with Crippen LogP contribution >= 0.6 is 0 Å². The van der Waals surface area contributed by atoms with Gasteiger partial charge in [0.1, 0.15) is 0 Å². The van der Waals surface area contributed by atoms with Crippen molar-refractivity contribution in [2.24, 2.45) is 14.1 Å². The van der Waals surface area contributed by atoms with Crippen LogP contribution in [-0.4, -0.2) is 36.9 Å². The molecule has 0 aliphatic rings. The van der Waals surface area contributed by atoms with Crippen LogP contribution in [0.3, 0.4) is 0 Å².